The van der Waals surface area contributed by atoms with E-state index in [1.807, 2.05) is 30.3 Å². The molecule has 190 valence electrons. The molecule has 0 fully saturated rings. The van der Waals surface area contributed by atoms with Gasteiger partial charge in [-0.15, -0.1) is 0 Å². The van der Waals surface area contributed by atoms with Crippen molar-refractivity contribution in [1.29, 1.82) is 0 Å². The molecule has 8 heteroatoms. The first-order valence-electron chi connectivity index (χ1n) is 11.8. The lowest BCUT2D eigenvalue weighted by molar-refractivity contribution is -0.140. The zero-order valence-corrected chi connectivity index (χ0v) is 23.0. The zero-order valence-electron chi connectivity index (χ0n) is 22.0. The van der Waals surface area contributed by atoms with Gasteiger partial charge in [0, 0.05) is 11.5 Å². The number of para-hydroxylation sites is 1. The maximum absolute atomic E-state index is 12.5. The number of carboxylic acids is 1. The first-order valence-corrected chi connectivity index (χ1v) is 14.7. The van der Waals surface area contributed by atoms with Crippen molar-refractivity contribution in [3.05, 3.63) is 35.9 Å². The van der Waals surface area contributed by atoms with Crippen LogP contribution < -0.4 is 10.1 Å². The van der Waals surface area contributed by atoms with Gasteiger partial charge in [-0.25, -0.2) is 9.59 Å². The highest BCUT2D eigenvalue weighted by Gasteiger charge is 2.42. The van der Waals surface area contributed by atoms with Crippen LogP contribution in [0.15, 0.2) is 30.3 Å². The van der Waals surface area contributed by atoms with Gasteiger partial charge < -0.3 is 24.3 Å². The number of carboxylic acid groups (broad SMARTS) is 1. The molecule has 1 aromatic rings. The van der Waals surface area contributed by atoms with Crippen LogP contribution in [0.5, 0.6) is 5.75 Å². The maximum Gasteiger partial charge on any atom is 0.408 e. The molecule has 2 N–H and O–H groups in total. The second-order valence-electron chi connectivity index (χ2n) is 11.4. The summed E-state index contributed by atoms with van der Waals surface area (Å²) in [5, 5.41) is 12.7. The van der Waals surface area contributed by atoms with E-state index in [4.69, 9.17) is 13.9 Å². The fourth-order valence-corrected chi connectivity index (χ4v) is 5.14. The van der Waals surface area contributed by atoms with Crippen molar-refractivity contribution in [2.45, 2.75) is 90.3 Å². The Morgan fingerprint density at radius 2 is 1.71 bits per heavy atom. The molecule has 0 radical (unpaired) electrons. The van der Waals surface area contributed by atoms with Gasteiger partial charge in [-0.1, -0.05) is 45.0 Å². The summed E-state index contributed by atoms with van der Waals surface area (Å²) < 4.78 is 17.6. The van der Waals surface area contributed by atoms with Crippen molar-refractivity contribution in [2.24, 2.45) is 5.92 Å². The number of benzene rings is 1. The molecule has 0 bridgehead atoms. The molecule has 0 saturated heterocycles. The van der Waals surface area contributed by atoms with Gasteiger partial charge in [0.15, 0.2) is 8.32 Å². The van der Waals surface area contributed by atoms with E-state index in [1.165, 1.54) is 0 Å². The molecule has 1 aliphatic rings. The number of alkyl carbamates (subject to hydrolysis) is 1. The molecule has 1 aliphatic carbocycles. The first-order chi connectivity index (χ1) is 15.6. The van der Waals surface area contributed by atoms with Crippen molar-refractivity contribution in [3.8, 4) is 5.75 Å². The molecule has 0 aromatic heterocycles. The lowest BCUT2D eigenvalue weighted by Crippen LogP contribution is -2.49. The van der Waals surface area contributed by atoms with Crippen LogP contribution in [0.2, 0.25) is 18.1 Å². The van der Waals surface area contributed by atoms with E-state index < -0.39 is 37.9 Å². The van der Waals surface area contributed by atoms with Crippen LogP contribution in [0, 0.1) is 5.92 Å². The molecule has 34 heavy (non-hydrogen) atoms. The number of hydrogen-bond acceptors (Lipinski definition) is 5. The summed E-state index contributed by atoms with van der Waals surface area (Å²) in [5.41, 5.74) is 0.870. The van der Waals surface area contributed by atoms with Crippen LogP contribution in [0.3, 0.4) is 0 Å². The van der Waals surface area contributed by atoms with Gasteiger partial charge >= 0.3 is 12.1 Å². The second-order valence-corrected chi connectivity index (χ2v) is 16.1. The van der Waals surface area contributed by atoms with Gasteiger partial charge in [0.1, 0.15) is 17.4 Å². The number of rotatable bonds is 7. The zero-order chi connectivity index (χ0) is 25.9. The van der Waals surface area contributed by atoms with Gasteiger partial charge in [-0.3, -0.25) is 0 Å². The van der Waals surface area contributed by atoms with E-state index in [2.05, 4.69) is 39.2 Å². The summed E-state index contributed by atoms with van der Waals surface area (Å²) >= 11 is 0. The summed E-state index contributed by atoms with van der Waals surface area (Å²) in [7, 11) is -0.459. The molecular weight excluding hydrogens is 450 g/mol. The van der Waals surface area contributed by atoms with Crippen LogP contribution in [0.25, 0.3) is 5.57 Å². The van der Waals surface area contributed by atoms with E-state index in [-0.39, 0.29) is 11.1 Å². The van der Waals surface area contributed by atoms with E-state index in [9.17, 15) is 14.7 Å². The van der Waals surface area contributed by atoms with Crippen molar-refractivity contribution >= 4 is 26.0 Å². The molecule has 0 unspecified atom stereocenters. The lowest BCUT2D eigenvalue weighted by atomic mass is 9.78. The van der Waals surface area contributed by atoms with Crippen LogP contribution >= 0.6 is 0 Å². The Labute approximate surface area is 205 Å². The number of ether oxygens (including phenoxy) is 2. The number of carbonyl (C=O) groups excluding carboxylic acids is 1. The molecule has 2 rings (SSSR count). The van der Waals surface area contributed by atoms with Crippen LogP contribution in [-0.2, 0) is 14.0 Å². The first kappa shape index (κ1) is 27.9. The van der Waals surface area contributed by atoms with Crippen LogP contribution in [0.1, 0.15) is 59.9 Å². The second kappa shape index (κ2) is 10.5. The lowest BCUT2D eigenvalue weighted by Gasteiger charge is -2.41. The highest BCUT2D eigenvalue weighted by atomic mass is 28.4. The van der Waals surface area contributed by atoms with Gasteiger partial charge in [-0.05, 0) is 63.4 Å². The minimum Gasteiger partial charge on any atom is -0.496 e. The topological polar surface area (TPSA) is 94.1 Å². The Morgan fingerprint density at radius 1 is 1.09 bits per heavy atom. The monoisotopic (exact) mass is 491 g/mol. The smallest absolute Gasteiger partial charge is 0.408 e. The third-order valence-corrected chi connectivity index (χ3v) is 11.0. The Balaban J connectivity index is 2.49. The minimum atomic E-state index is -2.05. The standard InChI is InChI=1S/C26H41NO6Si/c1-25(2,3)32-24(30)27-22(23(28)29)19-15-14-17(33-34(8,9)26(4,5)6)16-20(19)18-12-10-11-13-21(18)31-7/h10-13,16-17,19,22H,14-15H2,1-9H3,(H,27,30)(H,28,29)/t17-,19+,22+/m0/s1. The Bertz CT molecular complexity index is 913. The summed E-state index contributed by atoms with van der Waals surface area (Å²) in [4.78, 5) is 24.8. The highest BCUT2D eigenvalue weighted by Crippen LogP contribution is 2.43. The predicted octanol–water partition coefficient (Wildman–Crippen LogP) is 5.86. The summed E-state index contributed by atoms with van der Waals surface area (Å²) in [5.74, 6) is -0.936. The van der Waals surface area contributed by atoms with Crippen molar-refractivity contribution in [1.82, 2.24) is 5.32 Å². The number of hydrogen-bond donors (Lipinski definition) is 2. The number of amides is 1. The minimum absolute atomic E-state index is 0.0458. The average molecular weight is 492 g/mol. The Morgan fingerprint density at radius 3 is 2.24 bits per heavy atom. The average Bonchev–Trinajstić information content (AvgIpc) is 2.69. The number of nitrogens with one attached hydrogen (secondary N) is 1. The van der Waals surface area contributed by atoms with Gasteiger partial charge in [0.25, 0.3) is 0 Å². The largest absolute Gasteiger partial charge is 0.496 e. The summed E-state index contributed by atoms with van der Waals surface area (Å²) in [6.45, 7) is 16.2. The summed E-state index contributed by atoms with van der Waals surface area (Å²) in [6.07, 6.45) is 2.33. The molecule has 7 nitrogen and oxygen atoms in total. The van der Waals surface area contributed by atoms with E-state index >= 15 is 0 Å². The fourth-order valence-electron chi connectivity index (χ4n) is 3.84. The van der Waals surface area contributed by atoms with Gasteiger partial charge in [0.05, 0.1) is 13.2 Å². The van der Waals surface area contributed by atoms with E-state index in [0.29, 0.717) is 18.6 Å². The third kappa shape index (κ3) is 7.09. The molecule has 3 atom stereocenters. The Hall–Kier alpha value is -2.32. The number of carbonyl (C=O) groups is 2. The Kier molecular flexibility index (Phi) is 8.64. The highest BCUT2D eigenvalue weighted by molar-refractivity contribution is 6.74. The number of methoxy groups -OCH3 is 1. The quantitative estimate of drug-likeness (QED) is 0.464. The molecule has 1 amide bonds. The molecule has 0 aliphatic heterocycles. The van der Waals surface area contributed by atoms with Crippen molar-refractivity contribution in [2.75, 3.05) is 7.11 Å². The molecule has 0 heterocycles. The van der Waals surface area contributed by atoms with Crippen LogP contribution in [-0.4, -0.2) is 50.3 Å². The number of aliphatic carboxylic acids is 1. The third-order valence-electron chi connectivity index (χ3n) is 6.54. The summed E-state index contributed by atoms with van der Waals surface area (Å²) in [6, 6.07) is 6.38. The van der Waals surface area contributed by atoms with Crippen molar-refractivity contribution in [3.63, 3.8) is 0 Å². The maximum atomic E-state index is 12.5. The van der Waals surface area contributed by atoms with Crippen molar-refractivity contribution < 1.29 is 28.6 Å². The fraction of sp³-hybridized carbons (Fsp3) is 0.615. The van der Waals surface area contributed by atoms with Gasteiger partial charge in [-0.2, -0.15) is 0 Å². The SMILES string of the molecule is COc1ccccc1C1=C[C@@H](O[Si](C)(C)C(C)(C)C)CC[C@H]1[C@@H](NC(=O)OC(C)(C)C)C(=O)O. The van der Waals surface area contributed by atoms with E-state index in [1.54, 1.807) is 27.9 Å². The predicted molar refractivity (Wildman–Crippen MR) is 137 cm³/mol. The van der Waals surface area contributed by atoms with E-state index in [0.717, 1.165) is 11.1 Å². The molecule has 1 aromatic carbocycles. The molecule has 0 spiro atoms. The molecule has 0 saturated carbocycles. The van der Waals surface area contributed by atoms with Crippen LogP contribution in [0.4, 0.5) is 4.79 Å². The van der Waals surface area contributed by atoms with Gasteiger partial charge in [0.2, 0.25) is 0 Å². The molecular formula is C26H41NO6Si. The normalized spacial score (nSPS) is 20.2.